The third-order valence-electron chi connectivity index (χ3n) is 3.51. The Balaban J connectivity index is 2.34. The number of hydrogen-bond donors (Lipinski definition) is 1. The van der Waals surface area contributed by atoms with Crippen LogP contribution in [0.25, 0.3) is 0 Å². The molecule has 0 saturated heterocycles. The highest BCUT2D eigenvalue weighted by molar-refractivity contribution is 7.89. The molecule has 1 aliphatic rings. The fourth-order valence-corrected chi connectivity index (χ4v) is 3.85. The lowest BCUT2D eigenvalue weighted by molar-refractivity contribution is 0.443. The van der Waals surface area contributed by atoms with Gasteiger partial charge in [-0.05, 0) is 30.5 Å². The number of rotatable bonds is 7. The normalized spacial score (nSPS) is 15.8. The third-order valence-corrected chi connectivity index (χ3v) is 5.64. The maximum Gasteiger partial charge on any atom is 0.243 e. The van der Waals surface area contributed by atoms with Crippen molar-refractivity contribution >= 4 is 10.0 Å². The quantitative estimate of drug-likeness (QED) is 0.839. The van der Waals surface area contributed by atoms with Crippen LogP contribution in [0.3, 0.4) is 0 Å². The van der Waals surface area contributed by atoms with Gasteiger partial charge < -0.3 is 5.32 Å². The highest BCUT2D eigenvalue weighted by atomic mass is 32.2. The SMILES string of the molecule is CCN(CC)S(=O)(=O)c1cc(F)ccc1CNC1CC1. The Labute approximate surface area is 120 Å². The lowest BCUT2D eigenvalue weighted by atomic mass is 10.2. The van der Waals surface area contributed by atoms with Gasteiger partial charge in [-0.2, -0.15) is 4.31 Å². The molecule has 0 unspecified atom stereocenters. The van der Waals surface area contributed by atoms with E-state index in [1.165, 1.54) is 10.4 Å². The maximum atomic E-state index is 13.5. The molecule has 1 aliphatic carbocycles. The van der Waals surface area contributed by atoms with Crippen molar-refractivity contribution in [2.24, 2.45) is 0 Å². The van der Waals surface area contributed by atoms with E-state index in [0.717, 1.165) is 18.9 Å². The smallest absolute Gasteiger partial charge is 0.243 e. The molecule has 0 bridgehead atoms. The summed E-state index contributed by atoms with van der Waals surface area (Å²) in [5.74, 6) is -0.522. The highest BCUT2D eigenvalue weighted by Crippen LogP contribution is 2.24. The van der Waals surface area contributed by atoms with Gasteiger partial charge in [0.2, 0.25) is 10.0 Å². The highest BCUT2D eigenvalue weighted by Gasteiger charge is 2.26. The van der Waals surface area contributed by atoms with Crippen molar-refractivity contribution in [2.45, 2.75) is 44.2 Å². The van der Waals surface area contributed by atoms with E-state index in [0.29, 0.717) is 31.2 Å². The van der Waals surface area contributed by atoms with E-state index in [9.17, 15) is 12.8 Å². The molecule has 1 aromatic rings. The van der Waals surface area contributed by atoms with Crippen LogP contribution in [0, 0.1) is 5.82 Å². The number of hydrogen-bond acceptors (Lipinski definition) is 3. The molecule has 0 radical (unpaired) electrons. The second kappa shape index (κ2) is 6.20. The van der Waals surface area contributed by atoms with E-state index in [1.54, 1.807) is 19.9 Å². The number of nitrogens with zero attached hydrogens (tertiary/aromatic N) is 1. The molecule has 20 heavy (non-hydrogen) atoms. The second-order valence-corrected chi connectivity index (χ2v) is 6.90. The molecule has 0 amide bonds. The van der Waals surface area contributed by atoms with Crippen molar-refractivity contribution in [1.29, 1.82) is 0 Å². The van der Waals surface area contributed by atoms with E-state index >= 15 is 0 Å². The topological polar surface area (TPSA) is 49.4 Å². The molecule has 0 heterocycles. The van der Waals surface area contributed by atoms with E-state index in [4.69, 9.17) is 0 Å². The van der Waals surface area contributed by atoms with Crippen molar-refractivity contribution < 1.29 is 12.8 Å². The van der Waals surface area contributed by atoms with Crippen molar-refractivity contribution in [3.63, 3.8) is 0 Å². The van der Waals surface area contributed by atoms with Gasteiger partial charge in [-0.3, -0.25) is 0 Å². The zero-order chi connectivity index (χ0) is 14.8. The van der Waals surface area contributed by atoms with Crippen LogP contribution in [0.15, 0.2) is 23.1 Å². The Kier molecular flexibility index (Phi) is 4.78. The zero-order valence-electron chi connectivity index (χ0n) is 11.9. The molecule has 1 saturated carbocycles. The van der Waals surface area contributed by atoms with Gasteiger partial charge >= 0.3 is 0 Å². The summed E-state index contributed by atoms with van der Waals surface area (Å²) < 4.78 is 39.9. The lowest BCUT2D eigenvalue weighted by Gasteiger charge is -2.20. The van der Waals surface area contributed by atoms with Gasteiger partial charge in [-0.15, -0.1) is 0 Å². The number of halogens is 1. The molecule has 0 spiro atoms. The zero-order valence-corrected chi connectivity index (χ0v) is 12.7. The van der Waals surface area contributed by atoms with Crippen LogP contribution in [-0.2, 0) is 16.6 Å². The van der Waals surface area contributed by atoms with Crippen molar-refractivity contribution in [3.8, 4) is 0 Å². The second-order valence-electron chi connectivity index (χ2n) is 5.00. The monoisotopic (exact) mass is 300 g/mol. The summed E-state index contributed by atoms with van der Waals surface area (Å²) in [5, 5.41) is 3.27. The predicted molar refractivity (Wildman–Crippen MR) is 76.4 cm³/mol. The van der Waals surface area contributed by atoms with E-state index < -0.39 is 15.8 Å². The predicted octanol–water partition coefficient (Wildman–Crippen LogP) is 2.11. The van der Waals surface area contributed by atoms with Crippen molar-refractivity contribution in [1.82, 2.24) is 9.62 Å². The minimum absolute atomic E-state index is 0.0781. The Morgan fingerprint density at radius 3 is 2.50 bits per heavy atom. The molecule has 1 aromatic carbocycles. The van der Waals surface area contributed by atoms with Gasteiger partial charge in [-0.25, -0.2) is 12.8 Å². The number of nitrogens with one attached hydrogen (secondary N) is 1. The van der Waals surface area contributed by atoms with Crippen LogP contribution in [-0.4, -0.2) is 31.9 Å². The molecular weight excluding hydrogens is 279 g/mol. The van der Waals surface area contributed by atoms with Gasteiger partial charge in [0.05, 0.1) is 4.90 Å². The Morgan fingerprint density at radius 1 is 1.30 bits per heavy atom. The molecule has 2 rings (SSSR count). The Morgan fingerprint density at radius 2 is 1.95 bits per heavy atom. The summed E-state index contributed by atoms with van der Waals surface area (Å²) in [5.41, 5.74) is 0.630. The van der Waals surface area contributed by atoms with Crippen LogP contribution in [0.4, 0.5) is 4.39 Å². The number of benzene rings is 1. The van der Waals surface area contributed by atoms with Crippen LogP contribution in [0.1, 0.15) is 32.3 Å². The van der Waals surface area contributed by atoms with Crippen LogP contribution in [0.2, 0.25) is 0 Å². The van der Waals surface area contributed by atoms with Crippen molar-refractivity contribution in [2.75, 3.05) is 13.1 Å². The molecule has 6 heteroatoms. The van der Waals surface area contributed by atoms with Gasteiger partial charge in [0.1, 0.15) is 5.82 Å². The number of sulfonamides is 1. The minimum Gasteiger partial charge on any atom is -0.310 e. The summed E-state index contributed by atoms with van der Waals surface area (Å²) in [7, 11) is -3.63. The standard InChI is InChI=1S/C14H21FN2O2S/c1-3-17(4-2)20(18,19)14-9-12(15)6-5-11(14)10-16-13-7-8-13/h5-6,9,13,16H,3-4,7-8,10H2,1-2H3. The lowest BCUT2D eigenvalue weighted by Crippen LogP contribution is -2.32. The molecule has 1 fully saturated rings. The largest absolute Gasteiger partial charge is 0.310 e. The van der Waals surface area contributed by atoms with Crippen LogP contribution < -0.4 is 5.32 Å². The third kappa shape index (κ3) is 3.37. The van der Waals surface area contributed by atoms with Crippen LogP contribution >= 0.6 is 0 Å². The summed E-state index contributed by atoms with van der Waals surface area (Å²) in [6.45, 7) is 4.78. The fraction of sp³-hybridized carbons (Fsp3) is 0.571. The Bertz CT molecular complexity index is 567. The summed E-state index contributed by atoms with van der Waals surface area (Å²) in [4.78, 5) is 0.0781. The molecule has 0 aromatic heterocycles. The first kappa shape index (κ1) is 15.4. The molecular formula is C14H21FN2O2S. The first-order valence-corrected chi connectivity index (χ1v) is 8.45. The summed E-state index contributed by atoms with van der Waals surface area (Å²) >= 11 is 0. The average Bonchev–Trinajstić information content (AvgIpc) is 3.22. The van der Waals surface area contributed by atoms with E-state index in [1.807, 2.05) is 0 Å². The maximum absolute atomic E-state index is 13.5. The fourth-order valence-electron chi connectivity index (χ4n) is 2.16. The van der Waals surface area contributed by atoms with Crippen LogP contribution in [0.5, 0.6) is 0 Å². The first-order chi connectivity index (χ1) is 9.48. The minimum atomic E-state index is -3.63. The van der Waals surface area contributed by atoms with E-state index in [2.05, 4.69) is 5.32 Å². The van der Waals surface area contributed by atoms with Gasteiger partial charge in [-0.1, -0.05) is 19.9 Å². The van der Waals surface area contributed by atoms with Gasteiger partial charge in [0, 0.05) is 25.7 Å². The summed E-state index contributed by atoms with van der Waals surface area (Å²) in [6.07, 6.45) is 2.25. The van der Waals surface area contributed by atoms with Gasteiger partial charge in [0.15, 0.2) is 0 Å². The summed E-state index contributed by atoms with van der Waals surface area (Å²) in [6, 6.07) is 4.47. The first-order valence-electron chi connectivity index (χ1n) is 7.01. The molecule has 0 atom stereocenters. The van der Waals surface area contributed by atoms with E-state index in [-0.39, 0.29) is 4.90 Å². The molecule has 1 N–H and O–H groups in total. The average molecular weight is 300 g/mol. The van der Waals surface area contributed by atoms with Gasteiger partial charge in [0.25, 0.3) is 0 Å². The molecule has 112 valence electrons. The van der Waals surface area contributed by atoms with Crippen molar-refractivity contribution in [3.05, 3.63) is 29.6 Å². The molecule has 4 nitrogen and oxygen atoms in total. The molecule has 0 aliphatic heterocycles. The Hall–Kier alpha value is -0.980.